The van der Waals surface area contributed by atoms with Gasteiger partial charge in [0.1, 0.15) is 0 Å². The van der Waals surface area contributed by atoms with Crippen molar-refractivity contribution in [2.45, 2.75) is 31.8 Å². The Morgan fingerprint density at radius 2 is 2.18 bits per heavy atom. The zero-order chi connectivity index (χ0) is 11.9. The predicted octanol–water partition coefficient (Wildman–Crippen LogP) is 3.24. The van der Waals surface area contributed by atoms with E-state index in [4.69, 9.17) is 0 Å². The van der Waals surface area contributed by atoms with Crippen LogP contribution in [-0.4, -0.2) is 10.1 Å². The Balaban J connectivity index is 2.22. The van der Waals surface area contributed by atoms with Crippen molar-refractivity contribution >= 4 is 10.8 Å². The maximum Gasteiger partial charge on any atom is 0.0928 e. The molecule has 1 aliphatic rings. The van der Waals surface area contributed by atoms with Crippen molar-refractivity contribution < 1.29 is 5.11 Å². The number of hydrogen-bond acceptors (Lipinski definition) is 2. The molecule has 1 aromatic heterocycles. The zero-order valence-corrected chi connectivity index (χ0v) is 10.1. The molecule has 0 spiro atoms. The maximum atomic E-state index is 10.9. The molecule has 0 bridgehead atoms. The van der Waals surface area contributed by atoms with Crippen molar-refractivity contribution in [3.8, 4) is 0 Å². The highest BCUT2D eigenvalue weighted by Gasteiger charge is 2.44. The van der Waals surface area contributed by atoms with Crippen molar-refractivity contribution in [1.29, 1.82) is 0 Å². The van der Waals surface area contributed by atoms with Crippen LogP contribution in [0.5, 0.6) is 0 Å². The van der Waals surface area contributed by atoms with E-state index in [2.05, 4.69) is 18.0 Å². The highest BCUT2D eigenvalue weighted by Crippen LogP contribution is 2.49. The molecule has 1 heterocycles. The second-order valence-electron chi connectivity index (χ2n) is 4.95. The van der Waals surface area contributed by atoms with Crippen molar-refractivity contribution in [2.75, 3.05) is 0 Å². The summed E-state index contributed by atoms with van der Waals surface area (Å²) in [6.45, 7) is 2.06. The summed E-state index contributed by atoms with van der Waals surface area (Å²) >= 11 is 0. The van der Waals surface area contributed by atoms with Crippen molar-refractivity contribution in [1.82, 2.24) is 4.98 Å². The summed E-state index contributed by atoms with van der Waals surface area (Å²) in [6, 6.07) is 8.15. The topological polar surface area (TPSA) is 33.1 Å². The van der Waals surface area contributed by atoms with Crippen LogP contribution in [0.4, 0.5) is 0 Å². The minimum Gasteiger partial charge on any atom is -0.385 e. The molecule has 2 nitrogen and oxygen atoms in total. The quantitative estimate of drug-likeness (QED) is 0.873. The minimum absolute atomic E-state index is 0.429. The molecule has 88 valence electrons. The van der Waals surface area contributed by atoms with Gasteiger partial charge in [-0.3, -0.25) is 4.98 Å². The van der Waals surface area contributed by atoms with Crippen molar-refractivity contribution in [2.24, 2.45) is 5.92 Å². The number of hydrogen-bond donors (Lipinski definition) is 1. The Labute approximate surface area is 101 Å². The number of pyridine rings is 1. The van der Waals surface area contributed by atoms with E-state index >= 15 is 0 Å². The lowest BCUT2D eigenvalue weighted by molar-refractivity contribution is 0.0104. The molecule has 1 unspecified atom stereocenters. The third-order valence-corrected chi connectivity index (χ3v) is 3.94. The van der Waals surface area contributed by atoms with Gasteiger partial charge in [-0.05, 0) is 42.2 Å². The van der Waals surface area contributed by atoms with Gasteiger partial charge in [0.05, 0.1) is 5.60 Å². The molecule has 17 heavy (non-hydrogen) atoms. The lowest BCUT2D eigenvalue weighted by Crippen LogP contribution is -2.27. The molecule has 1 fully saturated rings. The minimum atomic E-state index is -0.664. The maximum absolute atomic E-state index is 10.9. The summed E-state index contributed by atoms with van der Waals surface area (Å²) in [4.78, 5) is 4.19. The van der Waals surface area contributed by atoms with Crippen LogP contribution in [0.25, 0.3) is 10.8 Å². The van der Waals surface area contributed by atoms with Gasteiger partial charge in [-0.1, -0.05) is 25.1 Å². The Kier molecular flexibility index (Phi) is 2.40. The first-order chi connectivity index (χ1) is 8.25. The first-order valence-corrected chi connectivity index (χ1v) is 6.31. The highest BCUT2D eigenvalue weighted by atomic mass is 16.3. The normalized spacial score (nSPS) is 19.2. The van der Waals surface area contributed by atoms with E-state index in [1.54, 1.807) is 6.20 Å². The number of fused-ring (bicyclic) bond motifs is 1. The van der Waals surface area contributed by atoms with E-state index in [0.717, 1.165) is 35.6 Å². The Bertz CT molecular complexity index is 542. The second-order valence-corrected chi connectivity index (χ2v) is 4.95. The Morgan fingerprint density at radius 1 is 1.35 bits per heavy atom. The third kappa shape index (κ3) is 1.64. The van der Waals surface area contributed by atoms with Gasteiger partial charge >= 0.3 is 0 Å². The molecule has 1 atom stereocenters. The summed E-state index contributed by atoms with van der Waals surface area (Å²) in [7, 11) is 0. The van der Waals surface area contributed by atoms with Crippen LogP contribution in [0.1, 0.15) is 31.7 Å². The SMILES string of the molecule is CCC(O)(c1cccc2ccncc12)C1CC1. The Hall–Kier alpha value is -1.41. The van der Waals surface area contributed by atoms with Gasteiger partial charge in [-0.2, -0.15) is 0 Å². The van der Waals surface area contributed by atoms with Crippen LogP contribution >= 0.6 is 0 Å². The van der Waals surface area contributed by atoms with E-state index in [-0.39, 0.29) is 0 Å². The fourth-order valence-corrected chi connectivity index (χ4v) is 2.75. The smallest absolute Gasteiger partial charge is 0.0928 e. The average molecular weight is 227 g/mol. The Morgan fingerprint density at radius 3 is 2.88 bits per heavy atom. The summed E-state index contributed by atoms with van der Waals surface area (Å²) in [5, 5.41) is 13.1. The molecule has 0 amide bonds. The lowest BCUT2D eigenvalue weighted by atomic mass is 9.84. The number of rotatable bonds is 3. The number of aliphatic hydroxyl groups is 1. The number of benzene rings is 1. The van der Waals surface area contributed by atoms with Gasteiger partial charge < -0.3 is 5.11 Å². The van der Waals surface area contributed by atoms with Gasteiger partial charge in [0, 0.05) is 17.8 Å². The zero-order valence-electron chi connectivity index (χ0n) is 10.1. The van der Waals surface area contributed by atoms with E-state index in [1.807, 2.05) is 24.4 Å². The van der Waals surface area contributed by atoms with Crippen LogP contribution in [0, 0.1) is 5.92 Å². The van der Waals surface area contributed by atoms with Crippen molar-refractivity contribution in [3.05, 3.63) is 42.2 Å². The summed E-state index contributed by atoms with van der Waals surface area (Å²) in [5.74, 6) is 0.429. The molecule has 1 saturated carbocycles. The molecule has 3 rings (SSSR count). The molecular weight excluding hydrogens is 210 g/mol. The molecular formula is C15H17NO. The van der Waals surface area contributed by atoms with Crippen LogP contribution in [0.3, 0.4) is 0 Å². The van der Waals surface area contributed by atoms with E-state index in [1.165, 1.54) is 0 Å². The van der Waals surface area contributed by atoms with Gasteiger partial charge in [0.15, 0.2) is 0 Å². The first-order valence-electron chi connectivity index (χ1n) is 6.31. The molecule has 0 aliphatic heterocycles. The fraction of sp³-hybridized carbons (Fsp3) is 0.400. The molecule has 1 N–H and O–H groups in total. The highest BCUT2D eigenvalue weighted by molar-refractivity contribution is 5.85. The summed E-state index contributed by atoms with van der Waals surface area (Å²) in [6.07, 6.45) is 6.72. The fourth-order valence-electron chi connectivity index (χ4n) is 2.75. The van der Waals surface area contributed by atoms with Crippen LogP contribution in [0.2, 0.25) is 0 Å². The third-order valence-electron chi connectivity index (χ3n) is 3.94. The van der Waals surface area contributed by atoms with Crippen LogP contribution < -0.4 is 0 Å². The van der Waals surface area contributed by atoms with Gasteiger partial charge in [0.2, 0.25) is 0 Å². The van der Waals surface area contributed by atoms with E-state index < -0.39 is 5.60 Å². The molecule has 2 heteroatoms. The predicted molar refractivity (Wildman–Crippen MR) is 68.7 cm³/mol. The van der Waals surface area contributed by atoms with Gasteiger partial charge in [-0.25, -0.2) is 0 Å². The van der Waals surface area contributed by atoms with Gasteiger partial charge in [0.25, 0.3) is 0 Å². The lowest BCUT2D eigenvalue weighted by Gasteiger charge is -2.28. The molecule has 1 aromatic carbocycles. The molecule has 0 radical (unpaired) electrons. The number of nitrogens with zero attached hydrogens (tertiary/aromatic N) is 1. The average Bonchev–Trinajstić information content (AvgIpc) is 3.22. The number of aromatic nitrogens is 1. The summed E-state index contributed by atoms with van der Waals surface area (Å²) < 4.78 is 0. The standard InChI is InChI=1S/C15H17NO/c1-2-15(17,12-6-7-12)14-5-3-4-11-8-9-16-10-13(11)14/h3-5,8-10,12,17H,2,6-7H2,1H3. The first kappa shape index (κ1) is 10.7. The van der Waals surface area contributed by atoms with E-state index in [9.17, 15) is 5.11 Å². The van der Waals surface area contributed by atoms with Crippen molar-refractivity contribution in [3.63, 3.8) is 0 Å². The molecule has 0 saturated heterocycles. The molecule has 2 aromatic rings. The van der Waals surface area contributed by atoms with E-state index in [0.29, 0.717) is 5.92 Å². The molecule has 1 aliphatic carbocycles. The largest absolute Gasteiger partial charge is 0.385 e. The van der Waals surface area contributed by atoms with Gasteiger partial charge in [-0.15, -0.1) is 0 Å². The van der Waals surface area contributed by atoms with Crippen LogP contribution in [0.15, 0.2) is 36.7 Å². The monoisotopic (exact) mass is 227 g/mol. The second kappa shape index (κ2) is 3.81. The summed E-state index contributed by atoms with van der Waals surface area (Å²) in [5.41, 5.74) is 0.385. The van der Waals surface area contributed by atoms with Crippen LogP contribution in [-0.2, 0) is 5.60 Å².